The van der Waals surface area contributed by atoms with Crippen molar-refractivity contribution < 1.29 is 8.42 Å². The molecule has 2 aromatic carbocycles. The minimum Gasteiger partial charge on any atom is -0.195 e. The summed E-state index contributed by atoms with van der Waals surface area (Å²) in [7, 11) is -3.46. The Bertz CT molecular complexity index is 806. The molecule has 3 rings (SSSR count). The van der Waals surface area contributed by atoms with E-state index in [4.69, 9.17) is 11.6 Å². The molecule has 1 fully saturated rings. The van der Waals surface area contributed by atoms with Crippen molar-refractivity contribution in [3.8, 4) is 0 Å². The molecule has 6 heteroatoms. The standard InChI is InChI=1S/C18H21ClN2O2S/c1-15-6-8-16(9-7-15)13-20-10-3-11-21(24(20,22)23)14-17-4-2-5-18(19)12-17/h2,4-9,12H,3,10-11,13-14H2,1H3. The lowest BCUT2D eigenvalue weighted by Gasteiger charge is -2.34. The van der Waals surface area contributed by atoms with Gasteiger partial charge < -0.3 is 0 Å². The molecular weight excluding hydrogens is 344 g/mol. The van der Waals surface area contributed by atoms with Crippen molar-refractivity contribution in [1.82, 2.24) is 8.61 Å². The van der Waals surface area contributed by atoms with Crippen molar-refractivity contribution in [3.05, 3.63) is 70.2 Å². The van der Waals surface area contributed by atoms with Gasteiger partial charge in [-0.15, -0.1) is 0 Å². The van der Waals surface area contributed by atoms with Crippen LogP contribution >= 0.6 is 11.6 Å². The van der Waals surface area contributed by atoms with E-state index in [1.807, 2.05) is 49.4 Å². The number of hydrogen-bond acceptors (Lipinski definition) is 2. The van der Waals surface area contributed by atoms with Crippen molar-refractivity contribution >= 4 is 21.8 Å². The summed E-state index contributed by atoms with van der Waals surface area (Å²) < 4.78 is 28.9. The van der Waals surface area contributed by atoms with E-state index < -0.39 is 10.2 Å². The molecule has 0 unspecified atom stereocenters. The van der Waals surface area contributed by atoms with Crippen LogP contribution in [0, 0.1) is 6.92 Å². The first kappa shape index (κ1) is 17.4. The fourth-order valence-electron chi connectivity index (χ4n) is 2.87. The third-order valence-corrected chi connectivity index (χ3v) is 6.36. The van der Waals surface area contributed by atoms with E-state index >= 15 is 0 Å². The highest BCUT2D eigenvalue weighted by Crippen LogP contribution is 2.22. The zero-order valence-electron chi connectivity index (χ0n) is 13.7. The molecule has 1 heterocycles. The van der Waals surface area contributed by atoms with Crippen molar-refractivity contribution in [2.75, 3.05) is 13.1 Å². The van der Waals surface area contributed by atoms with E-state index in [1.54, 1.807) is 10.4 Å². The summed E-state index contributed by atoms with van der Waals surface area (Å²) in [4.78, 5) is 0. The van der Waals surface area contributed by atoms with E-state index in [2.05, 4.69) is 0 Å². The molecule has 0 spiro atoms. The maximum Gasteiger partial charge on any atom is 0.282 e. The van der Waals surface area contributed by atoms with Gasteiger partial charge in [0, 0.05) is 31.2 Å². The quantitative estimate of drug-likeness (QED) is 0.831. The van der Waals surface area contributed by atoms with Gasteiger partial charge >= 0.3 is 0 Å². The Balaban J connectivity index is 1.76. The Hall–Kier alpha value is -1.40. The SMILES string of the molecule is Cc1ccc(CN2CCCN(Cc3cccc(Cl)c3)S2(=O)=O)cc1. The zero-order valence-corrected chi connectivity index (χ0v) is 15.2. The van der Waals surface area contributed by atoms with Crippen LogP contribution in [0.3, 0.4) is 0 Å². The van der Waals surface area contributed by atoms with Gasteiger partial charge in [-0.25, -0.2) is 0 Å². The van der Waals surface area contributed by atoms with Crippen LogP contribution in [0.5, 0.6) is 0 Å². The molecule has 24 heavy (non-hydrogen) atoms. The molecule has 1 aliphatic rings. The van der Waals surface area contributed by atoms with Gasteiger partial charge in [0.05, 0.1) is 0 Å². The minimum absolute atomic E-state index is 0.354. The molecule has 1 aliphatic heterocycles. The number of rotatable bonds is 4. The number of aryl methyl sites for hydroxylation is 1. The monoisotopic (exact) mass is 364 g/mol. The van der Waals surface area contributed by atoms with Gasteiger partial charge in [-0.1, -0.05) is 53.6 Å². The molecular formula is C18H21ClN2O2S. The van der Waals surface area contributed by atoms with Crippen molar-refractivity contribution in [2.45, 2.75) is 26.4 Å². The molecule has 1 saturated heterocycles. The molecule has 0 radical (unpaired) electrons. The van der Waals surface area contributed by atoms with Crippen LogP contribution in [-0.4, -0.2) is 30.1 Å². The van der Waals surface area contributed by atoms with Crippen LogP contribution < -0.4 is 0 Å². The van der Waals surface area contributed by atoms with E-state index in [-0.39, 0.29) is 0 Å². The van der Waals surface area contributed by atoms with Gasteiger partial charge in [0.2, 0.25) is 0 Å². The summed E-state index contributed by atoms with van der Waals surface area (Å²) in [5, 5.41) is 0.624. The molecule has 0 amide bonds. The Morgan fingerprint density at radius 3 is 2.21 bits per heavy atom. The largest absolute Gasteiger partial charge is 0.282 e. The van der Waals surface area contributed by atoms with Gasteiger partial charge in [0.1, 0.15) is 0 Å². The highest BCUT2D eigenvalue weighted by atomic mass is 35.5. The van der Waals surface area contributed by atoms with Crippen molar-refractivity contribution in [3.63, 3.8) is 0 Å². The van der Waals surface area contributed by atoms with Gasteiger partial charge in [0.25, 0.3) is 10.2 Å². The maximum absolute atomic E-state index is 12.9. The Labute approximate surface area is 148 Å². The highest BCUT2D eigenvalue weighted by Gasteiger charge is 2.33. The number of hydrogen-bond donors (Lipinski definition) is 0. The molecule has 4 nitrogen and oxygen atoms in total. The average Bonchev–Trinajstić information content (AvgIpc) is 2.53. The molecule has 0 N–H and O–H groups in total. The first-order valence-corrected chi connectivity index (χ1v) is 9.78. The predicted molar refractivity (Wildman–Crippen MR) is 97.0 cm³/mol. The van der Waals surface area contributed by atoms with Crippen LogP contribution in [0.4, 0.5) is 0 Å². The van der Waals surface area contributed by atoms with Crippen LogP contribution in [0.25, 0.3) is 0 Å². The van der Waals surface area contributed by atoms with E-state index in [0.29, 0.717) is 31.2 Å². The van der Waals surface area contributed by atoms with Crippen LogP contribution in [0.2, 0.25) is 5.02 Å². The second-order valence-corrected chi connectivity index (χ2v) is 8.51. The Morgan fingerprint density at radius 2 is 1.58 bits per heavy atom. The van der Waals surface area contributed by atoms with Gasteiger partial charge in [-0.05, 0) is 36.6 Å². The first-order chi connectivity index (χ1) is 11.4. The Kier molecular flexibility index (Phi) is 5.25. The van der Waals surface area contributed by atoms with Crippen molar-refractivity contribution in [1.29, 1.82) is 0 Å². The maximum atomic E-state index is 12.9. The van der Waals surface area contributed by atoms with Gasteiger partial charge in [-0.3, -0.25) is 0 Å². The third-order valence-electron chi connectivity index (χ3n) is 4.20. The van der Waals surface area contributed by atoms with E-state index in [9.17, 15) is 8.42 Å². The molecule has 0 aliphatic carbocycles. The van der Waals surface area contributed by atoms with E-state index in [0.717, 1.165) is 17.5 Å². The predicted octanol–water partition coefficient (Wildman–Crippen LogP) is 3.60. The second-order valence-electron chi connectivity index (χ2n) is 6.14. The molecule has 0 atom stereocenters. The lowest BCUT2D eigenvalue weighted by atomic mass is 10.1. The van der Waals surface area contributed by atoms with Gasteiger partial charge in [-0.2, -0.15) is 17.0 Å². The number of benzene rings is 2. The lowest BCUT2D eigenvalue weighted by molar-refractivity contribution is 0.276. The molecule has 2 aromatic rings. The topological polar surface area (TPSA) is 40.6 Å². The fourth-order valence-corrected chi connectivity index (χ4v) is 4.76. The van der Waals surface area contributed by atoms with Crippen LogP contribution in [-0.2, 0) is 23.3 Å². The Morgan fingerprint density at radius 1 is 0.958 bits per heavy atom. The van der Waals surface area contributed by atoms with Crippen molar-refractivity contribution in [2.24, 2.45) is 0 Å². The average molecular weight is 365 g/mol. The fraction of sp³-hybridized carbons (Fsp3) is 0.333. The first-order valence-electron chi connectivity index (χ1n) is 8.00. The van der Waals surface area contributed by atoms with E-state index in [1.165, 1.54) is 9.87 Å². The lowest BCUT2D eigenvalue weighted by Crippen LogP contribution is -2.48. The highest BCUT2D eigenvalue weighted by molar-refractivity contribution is 7.86. The smallest absolute Gasteiger partial charge is 0.195 e. The summed E-state index contributed by atoms with van der Waals surface area (Å²) in [6.45, 7) is 3.89. The van der Waals surface area contributed by atoms with Crippen LogP contribution in [0.1, 0.15) is 23.1 Å². The zero-order chi connectivity index (χ0) is 17.2. The molecule has 0 bridgehead atoms. The third kappa shape index (κ3) is 3.98. The number of halogens is 1. The summed E-state index contributed by atoms with van der Waals surface area (Å²) >= 11 is 6.00. The minimum atomic E-state index is -3.46. The molecule has 128 valence electrons. The second kappa shape index (κ2) is 7.23. The van der Waals surface area contributed by atoms with Crippen LogP contribution in [0.15, 0.2) is 48.5 Å². The summed E-state index contributed by atoms with van der Waals surface area (Å²) in [6.07, 6.45) is 0.825. The van der Waals surface area contributed by atoms with Gasteiger partial charge in [0.15, 0.2) is 0 Å². The normalized spacial score (nSPS) is 18.6. The summed E-state index contributed by atoms with van der Waals surface area (Å²) in [5.74, 6) is 0. The summed E-state index contributed by atoms with van der Waals surface area (Å²) in [6, 6.07) is 15.3. The molecule has 0 saturated carbocycles. The number of nitrogens with zero attached hydrogens (tertiary/aromatic N) is 2. The molecule has 0 aromatic heterocycles. The summed E-state index contributed by atoms with van der Waals surface area (Å²) in [5.41, 5.74) is 3.08.